The SMILES string of the molecule is COc1ccc(OC)c(C(C)CN)c1Cl. The summed E-state index contributed by atoms with van der Waals surface area (Å²) in [5, 5.41) is 0.579. The number of nitrogens with two attached hydrogens (primary N) is 1. The molecule has 3 nitrogen and oxygen atoms in total. The zero-order valence-corrected chi connectivity index (χ0v) is 9.97. The fraction of sp³-hybridized carbons (Fsp3) is 0.455. The summed E-state index contributed by atoms with van der Waals surface area (Å²) >= 11 is 6.21. The van der Waals surface area contributed by atoms with Gasteiger partial charge in [-0.3, -0.25) is 0 Å². The molecule has 1 atom stereocenters. The molecule has 15 heavy (non-hydrogen) atoms. The molecule has 1 unspecified atom stereocenters. The number of hydrogen-bond donors (Lipinski definition) is 1. The van der Waals surface area contributed by atoms with Crippen LogP contribution in [0.3, 0.4) is 0 Å². The highest BCUT2D eigenvalue weighted by Gasteiger charge is 2.17. The molecule has 0 spiro atoms. The van der Waals surface area contributed by atoms with Gasteiger partial charge < -0.3 is 15.2 Å². The van der Waals surface area contributed by atoms with Crippen molar-refractivity contribution in [3.05, 3.63) is 22.7 Å². The number of halogens is 1. The highest BCUT2D eigenvalue weighted by atomic mass is 35.5. The van der Waals surface area contributed by atoms with Crippen LogP contribution in [0.4, 0.5) is 0 Å². The maximum atomic E-state index is 6.21. The van der Waals surface area contributed by atoms with Crippen LogP contribution in [-0.4, -0.2) is 20.8 Å². The van der Waals surface area contributed by atoms with Gasteiger partial charge in [-0.25, -0.2) is 0 Å². The molecule has 1 rings (SSSR count). The minimum Gasteiger partial charge on any atom is -0.496 e. The molecular formula is C11H16ClNO2. The van der Waals surface area contributed by atoms with Gasteiger partial charge in [-0.1, -0.05) is 18.5 Å². The Morgan fingerprint density at radius 1 is 1.27 bits per heavy atom. The Bertz CT molecular complexity index is 342. The first-order valence-electron chi connectivity index (χ1n) is 4.76. The predicted octanol–water partition coefficient (Wildman–Crippen LogP) is 2.42. The summed E-state index contributed by atoms with van der Waals surface area (Å²) in [6, 6.07) is 3.63. The molecule has 2 N–H and O–H groups in total. The fourth-order valence-corrected chi connectivity index (χ4v) is 1.89. The topological polar surface area (TPSA) is 44.5 Å². The van der Waals surface area contributed by atoms with Crippen LogP contribution in [0.15, 0.2) is 12.1 Å². The highest BCUT2D eigenvalue weighted by molar-refractivity contribution is 6.33. The van der Waals surface area contributed by atoms with Crippen molar-refractivity contribution in [2.24, 2.45) is 5.73 Å². The molecule has 4 heteroatoms. The Kier molecular flexibility index (Phi) is 4.24. The molecule has 0 amide bonds. The molecule has 1 aromatic rings. The average molecular weight is 230 g/mol. The molecule has 0 aliphatic rings. The van der Waals surface area contributed by atoms with Crippen molar-refractivity contribution in [1.82, 2.24) is 0 Å². The van der Waals surface area contributed by atoms with Gasteiger partial charge in [0.15, 0.2) is 0 Å². The van der Waals surface area contributed by atoms with Gasteiger partial charge in [0.05, 0.1) is 19.2 Å². The van der Waals surface area contributed by atoms with E-state index in [-0.39, 0.29) is 5.92 Å². The molecule has 0 fully saturated rings. The van der Waals surface area contributed by atoms with E-state index < -0.39 is 0 Å². The monoisotopic (exact) mass is 229 g/mol. The smallest absolute Gasteiger partial charge is 0.138 e. The van der Waals surface area contributed by atoms with Crippen LogP contribution < -0.4 is 15.2 Å². The maximum Gasteiger partial charge on any atom is 0.138 e. The van der Waals surface area contributed by atoms with Gasteiger partial charge in [0.25, 0.3) is 0 Å². The van der Waals surface area contributed by atoms with Gasteiger partial charge in [0, 0.05) is 5.56 Å². The van der Waals surface area contributed by atoms with Crippen molar-refractivity contribution in [2.45, 2.75) is 12.8 Å². The molecule has 0 saturated heterocycles. The third kappa shape index (κ3) is 2.36. The van der Waals surface area contributed by atoms with Gasteiger partial charge in [-0.15, -0.1) is 0 Å². The molecule has 0 saturated carbocycles. The lowest BCUT2D eigenvalue weighted by Crippen LogP contribution is -2.11. The predicted molar refractivity (Wildman–Crippen MR) is 62.0 cm³/mol. The second-order valence-corrected chi connectivity index (χ2v) is 3.71. The van der Waals surface area contributed by atoms with E-state index in [2.05, 4.69) is 0 Å². The van der Waals surface area contributed by atoms with E-state index in [1.165, 1.54) is 0 Å². The van der Waals surface area contributed by atoms with Gasteiger partial charge in [0.2, 0.25) is 0 Å². The van der Waals surface area contributed by atoms with Crippen LogP contribution >= 0.6 is 11.6 Å². The summed E-state index contributed by atoms with van der Waals surface area (Å²) in [6.45, 7) is 2.52. The Morgan fingerprint density at radius 2 is 1.80 bits per heavy atom. The zero-order chi connectivity index (χ0) is 11.4. The van der Waals surface area contributed by atoms with Crippen LogP contribution in [0.1, 0.15) is 18.4 Å². The lowest BCUT2D eigenvalue weighted by atomic mass is 10.00. The van der Waals surface area contributed by atoms with Crippen molar-refractivity contribution in [2.75, 3.05) is 20.8 Å². The minimum absolute atomic E-state index is 0.141. The molecule has 1 aromatic carbocycles. The second-order valence-electron chi connectivity index (χ2n) is 3.33. The Labute approximate surface area is 95.1 Å². The van der Waals surface area contributed by atoms with Crippen molar-refractivity contribution < 1.29 is 9.47 Å². The standard InChI is InChI=1S/C11H16ClNO2/c1-7(6-13)10-8(14-2)4-5-9(15-3)11(10)12/h4-5,7H,6,13H2,1-3H3. The van der Waals surface area contributed by atoms with Crippen molar-refractivity contribution in [3.63, 3.8) is 0 Å². The molecule has 0 aliphatic carbocycles. The zero-order valence-electron chi connectivity index (χ0n) is 9.21. The number of benzene rings is 1. The third-order valence-corrected chi connectivity index (χ3v) is 2.78. The van der Waals surface area contributed by atoms with Crippen LogP contribution in [0.2, 0.25) is 5.02 Å². The average Bonchev–Trinajstić information content (AvgIpc) is 2.27. The number of ether oxygens (including phenoxy) is 2. The molecule has 0 radical (unpaired) electrons. The van der Waals surface area contributed by atoms with Gasteiger partial charge in [0.1, 0.15) is 11.5 Å². The molecule has 0 aliphatic heterocycles. The Hall–Kier alpha value is -0.930. The summed E-state index contributed by atoms with van der Waals surface area (Å²) in [6.07, 6.45) is 0. The first kappa shape index (κ1) is 12.1. The molecule has 0 bridgehead atoms. The molecule has 0 aromatic heterocycles. The van der Waals surface area contributed by atoms with E-state index >= 15 is 0 Å². The summed E-state index contributed by atoms with van der Waals surface area (Å²) in [4.78, 5) is 0. The summed E-state index contributed by atoms with van der Waals surface area (Å²) in [7, 11) is 3.20. The maximum absolute atomic E-state index is 6.21. The first-order chi connectivity index (χ1) is 7.15. The molecular weight excluding hydrogens is 214 g/mol. The van der Waals surface area contributed by atoms with Gasteiger partial charge in [-0.05, 0) is 24.6 Å². The second kappa shape index (κ2) is 5.24. The fourth-order valence-electron chi connectivity index (χ4n) is 1.47. The first-order valence-corrected chi connectivity index (χ1v) is 5.13. The summed E-state index contributed by atoms with van der Waals surface area (Å²) < 4.78 is 10.4. The van der Waals surface area contributed by atoms with Crippen molar-refractivity contribution >= 4 is 11.6 Å². The lowest BCUT2D eigenvalue weighted by molar-refractivity contribution is 0.396. The normalized spacial score (nSPS) is 12.3. The molecule has 0 heterocycles. The van der Waals surface area contributed by atoms with E-state index in [9.17, 15) is 0 Å². The highest BCUT2D eigenvalue weighted by Crippen LogP contribution is 2.38. The van der Waals surface area contributed by atoms with Crippen LogP contribution in [0.5, 0.6) is 11.5 Å². The summed E-state index contributed by atoms with van der Waals surface area (Å²) in [5.41, 5.74) is 6.54. The number of methoxy groups -OCH3 is 2. The Balaban J connectivity index is 3.29. The van der Waals surface area contributed by atoms with E-state index in [1.807, 2.05) is 13.0 Å². The number of rotatable bonds is 4. The Morgan fingerprint density at radius 3 is 2.27 bits per heavy atom. The van der Waals surface area contributed by atoms with Crippen LogP contribution in [0, 0.1) is 0 Å². The van der Waals surface area contributed by atoms with E-state index in [0.29, 0.717) is 17.3 Å². The van der Waals surface area contributed by atoms with E-state index in [0.717, 1.165) is 11.3 Å². The lowest BCUT2D eigenvalue weighted by Gasteiger charge is -2.17. The van der Waals surface area contributed by atoms with Crippen LogP contribution in [0.25, 0.3) is 0 Å². The van der Waals surface area contributed by atoms with E-state index in [4.69, 9.17) is 26.8 Å². The largest absolute Gasteiger partial charge is 0.496 e. The van der Waals surface area contributed by atoms with Gasteiger partial charge in [-0.2, -0.15) is 0 Å². The minimum atomic E-state index is 0.141. The van der Waals surface area contributed by atoms with Crippen molar-refractivity contribution in [1.29, 1.82) is 0 Å². The molecule has 84 valence electrons. The third-order valence-electron chi connectivity index (χ3n) is 2.39. The number of hydrogen-bond acceptors (Lipinski definition) is 3. The van der Waals surface area contributed by atoms with Crippen LogP contribution in [-0.2, 0) is 0 Å². The summed E-state index contributed by atoms with van der Waals surface area (Å²) in [5.74, 6) is 1.54. The quantitative estimate of drug-likeness (QED) is 0.863. The van der Waals surface area contributed by atoms with Crippen molar-refractivity contribution in [3.8, 4) is 11.5 Å². The van der Waals surface area contributed by atoms with E-state index in [1.54, 1.807) is 20.3 Å². The van der Waals surface area contributed by atoms with Gasteiger partial charge >= 0.3 is 0 Å².